The average molecular weight is 455 g/mol. The number of amides is 1. The van der Waals surface area contributed by atoms with Crippen LogP contribution in [0.3, 0.4) is 0 Å². The minimum Gasteiger partial charge on any atom is -0.497 e. The van der Waals surface area contributed by atoms with E-state index in [-0.39, 0.29) is 28.2 Å². The fourth-order valence-corrected chi connectivity index (χ4v) is 4.63. The smallest absolute Gasteiger partial charge is 0.264 e. The second-order valence-electron chi connectivity index (χ2n) is 6.55. The van der Waals surface area contributed by atoms with Gasteiger partial charge in [0.1, 0.15) is 11.5 Å². The van der Waals surface area contributed by atoms with Crippen molar-refractivity contribution in [1.82, 2.24) is 4.31 Å². The summed E-state index contributed by atoms with van der Waals surface area (Å²) in [6, 6.07) is 11.3. The Morgan fingerprint density at radius 3 is 2.60 bits per heavy atom. The number of sulfonamides is 1. The predicted molar refractivity (Wildman–Crippen MR) is 113 cm³/mol. The van der Waals surface area contributed by atoms with Crippen LogP contribution >= 0.6 is 11.6 Å². The van der Waals surface area contributed by atoms with Crippen molar-refractivity contribution in [1.29, 1.82) is 0 Å². The van der Waals surface area contributed by atoms with Gasteiger partial charge in [0.2, 0.25) is 10.0 Å². The minimum absolute atomic E-state index is 0.0709. The van der Waals surface area contributed by atoms with Gasteiger partial charge in [0.15, 0.2) is 6.61 Å². The summed E-state index contributed by atoms with van der Waals surface area (Å²) in [5.74, 6) is 0.558. The van der Waals surface area contributed by atoms with Gasteiger partial charge in [-0.05, 0) is 30.3 Å². The lowest BCUT2D eigenvalue weighted by Gasteiger charge is -2.26. The molecule has 1 saturated heterocycles. The molecule has 2 aromatic rings. The molecule has 3 rings (SSSR count). The van der Waals surface area contributed by atoms with E-state index in [9.17, 15) is 13.2 Å². The lowest BCUT2D eigenvalue weighted by molar-refractivity contribution is -0.120. The molecule has 8 nitrogen and oxygen atoms in total. The lowest BCUT2D eigenvalue weighted by atomic mass is 10.3. The van der Waals surface area contributed by atoms with Crippen LogP contribution in [0.15, 0.2) is 47.4 Å². The molecule has 2 aromatic carbocycles. The van der Waals surface area contributed by atoms with Crippen molar-refractivity contribution >= 4 is 33.2 Å². The molecule has 0 atom stereocenters. The molecule has 0 unspecified atom stereocenters. The lowest BCUT2D eigenvalue weighted by Crippen LogP contribution is -2.40. The Morgan fingerprint density at radius 1 is 1.20 bits per heavy atom. The van der Waals surface area contributed by atoms with Crippen molar-refractivity contribution in [3.8, 4) is 11.5 Å². The number of hydrogen-bond acceptors (Lipinski definition) is 6. The predicted octanol–water partition coefficient (Wildman–Crippen LogP) is 2.41. The molecule has 1 aliphatic heterocycles. The summed E-state index contributed by atoms with van der Waals surface area (Å²) in [6.07, 6.45) is 0. The second-order valence-corrected chi connectivity index (χ2v) is 8.90. The monoisotopic (exact) mass is 454 g/mol. The molecular weight excluding hydrogens is 432 g/mol. The molecule has 0 bridgehead atoms. The number of methoxy groups -OCH3 is 1. The van der Waals surface area contributed by atoms with Gasteiger partial charge in [-0.3, -0.25) is 4.79 Å². The number of carbonyl (C=O) groups is 1. The molecule has 1 amide bonds. The third-order valence-corrected chi connectivity index (χ3v) is 6.87. The molecule has 1 aliphatic rings. The highest BCUT2D eigenvalue weighted by Crippen LogP contribution is 2.29. The first-order valence-electron chi connectivity index (χ1n) is 9.24. The van der Waals surface area contributed by atoms with Gasteiger partial charge in [0, 0.05) is 31.9 Å². The van der Waals surface area contributed by atoms with Gasteiger partial charge in [-0.1, -0.05) is 17.7 Å². The number of carbonyl (C=O) groups excluding carboxylic acids is 1. The number of ether oxygens (including phenoxy) is 3. The topological polar surface area (TPSA) is 85.4 Å². The fraction of sp³-hybridized carbons (Fsp3) is 0.350. The standard InChI is InChI=1S/C20H23ClN2O6S/c1-22(15-4-3-5-16(12-15)27-2)20(24)14-29-19-7-6-17(13-18(19)21)30(25,26)23-8-10-28-11-9-23/h3-7,12-13H,8-11,14H2,1-2H3. The average Bonchev–Trinajstić information content (AvgIpc) is 2.78. The third kappa shape index (κ3) is 5.04. The van der Waals surface area contributed by atoms with Crippen LogP contribution in [0.2, 0.25) is 5.02 Å². The molecule has 0 aliphatic carbocycles. The third-order valence-electron chi connectivity index (χ3n) is 4.68. The Bertz CT molecular complexity index is 1010. The fourth-order valence-electron chi connectivity index (χ4n) is 2.89. The highest BCUT2D eigenvalue weighted by Gasteiger charge is 2.27. The normalized spacial score (nSPS) is 14.9. The van der Waals surface area contributed by atoms with Gasteiger partial charge in [-0.15, -0.1) is 0 Å². The molecule has 1 heterocycles. The van der Waals surface area contributed by atoms with Gasteiger partial charge < -0.3 is 19.1 Å². The number of likely N-dealkylation sites (N-methyl/N-ethyl adjacent to an activating group) is 1. The number of halogens is 1. The molecule has 0 aromatic heterocycles. The van der Waals surface area contributed by atoms with E-state index in [1.807, 2.05) is 0 Å². The van der Waals surface area contributed by atoms with Crippen molar-refractivity contribution < 1.29 is 27.4 Å². The van der Waals surface area contributed by atoms with Gasteiger partial charge >= 0.3 is 0 Å². The van der Waals surface area contributed by atoms with Crippen LogP contribution < -0.4 is 14.4 Å². The summed E-state index contributed by atoms with van der Waals surface area (Å²) < 4.78 is 42.7. The summed E-state index contributed by atoms with van der Waals surface area (Å²) in [5.41, 5.74) is 0.654. The maximum Gasteiger partial charge on any atom is 0.264 e. The van der Waals surface area contributed by atoms with Crippen LogP contribution in [0.5, 0.6) is 11.5 Å². The highest BCUT2D eigenvalue weighted by atomic mass is 35.5. The zero-order valence-electron chi connectivity index (χ0n) is 16.7. The van der Waals surface area contributed by atoms with E-state index in [1.165, 1.54) is 27.4 Å². The van der Waals surface area contributed by atoms with Crippen LogP contribution in [-0.4, -0.2) is 65.7 Å². The Balaban J connectivity index is 1.66. The maximum absolute atomic E-state index is 12.7. The van der Waals surface area contributed by atoms with E-state index in [4.69, 9.17) is 25.8 Å². The molecule has 0 radical (unpaired) electrons. The van der Waals surface area contributed by atoms with Gasteiger partial charge in [-0.25, -0.2) is 8.42 Å². The second kappa shape index (κ2) is 9.65. The van der Waals surface area contributed by atoms with Crippen molar-refractivity contribution in [3.63, 3.8) is 0 Å². The van der Waals surface area contributed by atoms with Gasteiger partial charge in [-0.2, -0.15) is 4.31 Å². The number of nitrogens with zero attached hydrogens (tertiary/aromatic N) is 2. The SMILES string of the molecule is COc1cccc(N(C)C(=O)COc2ccc(S(=O)(=O)N3CCOCC3)cc2Cl)c1. The number of rotatable bonds is 7. The molecule has 0 spiro atoms. The number of benzene rings is 2. The van der Waals surface area contributed by atoms with Crippen LogP contribution in [0.1, 0.15) is 0 Å². The first-order chi connectivity index (χ1) is 14.3. The molecule has 30 heavy (non-hydrogen) atoms. The Hall–Kier alpha value is -2.33. The van der Waals surface area contributed by atoms with Crippen molar-refractivity contribution in [2.24, 2.45) is 0 Å². The highest BCUT2D eigenvalue weighted by molar-refractivity contribution is 7.89. The van der Waals surface area contributed by atoms with Crippen LogP contribution in [0.4, 0.5) is 5.69 Å². The van der Waals surface area contributed by atoms with Crippen LogP contribution in [0.25, 0.3) is 0 Å². The van der Waals surface area contributed by atoms with Gasteiger partial charge in [0.25, 0.3) is 5.91 Å². The van der Waals surface area contributed by atoms with E-state index in [0.29, 0.717) is 37.7 Å². The first kappa shape index (κ1) is 22.4. The quantitative estimate of drug-likeness (QED) is 0.638. The Labute approximate surface area is 180 Å². The molecule has 0 saturated carbocycles. The Morgan fingerprint density at radius 2 is 1.93 bits per heavy atom. The summed E-state index contributed by atoms with van der Waals surface area (Å²) in [7, 11) is -0.487. The molecule has 10 heteroatoms. The van der Waals surface area contributed by atoms with Gasteiger partial charge in [0.05, 0.1) is 30.2 Å². The largest absolute Gasteiger partial charge is 0.497 e. The first-order valence-corrected chi connectivity index (χ1v) is 11.1. The summed E-state index contributed by atoms with van der Waals surface area (Å²) in [4.78, 5) is 14.0. The number of hydrogen-bond donors (Lipinski definition) is 0. The van der Waals surface area contributed by atoms with Crippen molar-refractivity contribution in [2.75, 3.05) is 52.0 Å². The molecular formula is C20H23ClN2O6S. The van der Waals surface area contributed by atoms with Crippen LogP contribution in [-0.2, 0) is 19.6 Å². The Kier molecular flexibility index (Phi) is 7.19. The van der Waals surface area contributed by atoms with E-state index < -0.39 is 10.0 Å². The summed E-state index contributed by atoms with van der Waals surface area (Å²) in [5, 5.41) is 0.112. The van der Waals surface area contributed by atoms with Crippen molar-refractivity contribution in [3.05, 3.63) is 47.5 Å². The van der Waals surface area contributed by atoms with Crippen molar-refractivity contribution in [2.45, 2.75) is 4.90 Å². The zero-order valence-corrected chi connectivity index (χ0v) is 18.3. The summed E-state index contributed by atoms with van der Waals surface area (Å²) >= 11 is 6.22. The van der Waals surface area contributed by atoms with E-state index >= 15 is 0 Å². The molecule has 0 N–H and O–H groups in total. The zero-order chi connectivity index (χ0) is 21.7. The number of morpholine rings is 1. The number of anilines is 1. The molecule has 1 fully saturated rings. The molecule has 162 valence electrons. The van der Waals surface area contributed by atoms with E-state index in [1.54, 1.807) is 38.4 Å². The van der Waals surface area contributed by atoms with Crippen LogP contribution in [0, 0.1) is 0 Å². The minimum atomic E-state index is -3.66. The maximum atomic E-state index is 12.7. The van der Waals surface area contributed by atoms with E-state index in [2.05, 4.69) is 0 Å². The summed E-state index contributed by atoms with van der Waals surface area (Å²) in [6.45, 7) is 1.05. The van der Waals surface area contributed by atoms with E-state index in [0.717, 1.165) is 0 Å².